The minimum absolute atomic E-state index is 0.0296. The second kappa shape index (κ2) is 6.07. The van der Waals surface area contributed by atoms with Crippen LogP contribution in [0.2, 0.25) is 0 Å². The van der Waals surface area contributed by atoms with Crippen molar-refractivity contribution in [3.8, 4) is 0 Å². The lowest BCUT2D eigenvalue weighted by molar-refractivity contribution is -0.131. The summed E-state index contributed by atoms with van der Waals surface area (Å²) in [4.78, 5) is 30.4. The van der Waals surface area contributed by atoms with Gasteiger partial charge in [-0.1, -0.05) is 49.3 Å². The summed E-state index contributed by atoms with van der Waals surface area (Å²) in [6.07, 6.45) is 0.686. The molecule has 24 heavy (non-hydrogen) atoms. The standard InChI is InChI=1S/C17H20N4O3/c1-11(2)9-13-18-14(24-20-13)10-21-15(22)17(3,19-16(21)23)12-7-5-4-6-8-12/h4-8,11H,9-10H2,1-3H3,(H,19,23)/t17-/m0/s1. The summed E-state index contributed by atoms with van der Waals surface area (Å²) in [5.74, 6) is 0.903. The Morgan fingerprint density at radius 2 is 1.96 bits per heavy atom. The number of urea groups is 1. The summed E-state index contributed by atoms with van der Waals surface area (Å²) in [5.41, 5.74) is -0.351. The van der Waals surface area contributed by atoms with Crippen molar-refractivity contribution >= 4 is 11.9 Å². The third-order valence-electron chi connectivity index (χ3n) is 4.02. The SMILES string of the molecule is CC(C)Cc1noc(CN2C(=O)N[C@@](C)(c3ccccc3)C2=O)n1. The topological polar surface area (TPSA) is 88.3 Å². The van der Waals surface area contributed by atoms with Crippen molar-refractivity contribution in [1.29, 1.82) is 0 Å². The minimum atomic E-state index is -1.08. The van der Waals surface area contributed by atoms with Gasteiger partial charge in [-0.05, 0) is 18.4 Å². The van der Waals surface area contributed by atoms with Gasteiger partial charge in [0.1, 0.15) is 12.1 Å². The van der Waals surface area contributed by atoms with Crippen LogP contribution in [0.25, 0.3) is 0 Å². The Hall–Kier alpha value is -2.70. The molecule has 0 bridgehead atoms. The van der Waals surface area contributed by atoms with Gasteiger partial charge in [0, 0.05) is 6.42 Å². The first-order valence-corrected chi connectivity index (χ1v) is 7.91. The molecule has 3 amide bonds. The molecule has 126 valence electrons. The number of imide groups is 1. The highest BCUT2D eigenvalue weighted by atomic mass is 16.5. The molecule has 1 fully saturated rings. The van der Waals surface area contributed by atoms with E-state index in [1.54, 1.807) is 6.92 Å². The third-order valence-corrected chi connectivity index (χ3v) is 4.02. The van der Waals surface area contributed by atoms with E-state index in [-0.39, 0.29) is 18.3 Å². The van der Waals surface area contributed by atoms with Crippen LogP contribution in [-0.2, 0) is 23.3 Å². The number of hydrogen-bond acceptors (Lipinski definition) is 5. The van der Waals surface area contributed by atoms with E-state index in [4.69, 9.17) is 4.52 Å². The van der Waals surface area contributed by atoms with Gasteiger partial charge in [-0.3, -0.25) is 9.69 Å². The molecule has 7 nitrogen and oxygen atoms in total. The highest BCUT2D eigenvalue weighted by molar-refractivity contribution is 6.07. The summed E-state index contributed by atoms with van der Waals surface area (Å²) in [6, 6.07) is 8.69. The van der Waals surface area contributed by atoms with Gasteiger partial charge < -0.3 is 9.84 Å². The predicted octanol–water partition coefficient (Wildman–Crippen LogP) is 2.24. The van der Waals surface area contributed by atoms with Crippen LogP contribution in [0, 0.1) is 5.92 Å². The van der Waals surface area contributed by atoms with Crippen molar-refractivity contribution in [2.75, 3.05) is 0 Å². The molecule has 0 saturated carbocycles. The molecule has 0 spiro atoms. The van der Waals surface area contributed by atoms with E-state index in [1.165, 1.54) is 0 Å². The second-order valence-electron chi connectivity index (χ2n) is 6.51. The summed E-state index contributed by atoms with van der Waals surface area (Å²) in [5, 5.41) is 6.64. The quantitative estimate of drug-likeness (QED) is 0.850. The number of carbonyl (C=O) groups is 2. The van der Waals surface area contributed by atoms with Crippen LogP contribution in [0.5, 0.6) is 0 Å². The van der Waals surface area contributed by atoms with Crippen LogP contribution in [0.15, 0.2) is 34.9 Å². The normalized spacial score (nSPS) is 20.8. The molecule has 1 saturated heterocycles. The molecular formula is C17H20N4O3. The number of nitrogens with zero attached hydrogens (tertiary/aromatic N) is 3. The van der Waals surface area contributed by atoms with Crippen molar-refractivity contribution in [2.45, 2.75) is 39.3 Å². The van der Waals surface area contributed by atoms with Gasteiger partial charge in [0.05, 0.1) is 0 Å². The molecule has 0 unspecified atom stereocenters. The van der Waals surface area contributed by atoms with Crippen LogP contribution in [0.1, 0.15) is 38.0 Å². The first kappa shape index (κ1) is 16.2. The third kappa shape index (κ3) is 2.89. The summed E-state index contributed by atoms with van der Waals surface area (Å²) in [6.45, 7) is 5.77. The molecular weight excluding hydrogens is 308 g/mol. The van der Waals surface area contributed by atoms with Gasteiger partial charge in [0.2, 0.25) is 5.89 Å². The van der Waals surface area contributed by atoms with Gasteiger partial charge in [0.15, 0.2) is 5.82 Å². The molecule has 0 aliphatic carbocycles. The lowest BCUT2D eigenvalue weighted by Crippen LogP contribution is -2.40. The van der Waals surface area contributed by atoms with E-state index in [9.17, 15) is 9.59 Å². The molecule has 1 aliphatic rings. The zero-order valence-corrected chi connectivity index (χ0v) is 13.9. The van der Waals surface area contributed by atoms with Crippen molar-refractivity contribution in [2.24, 2.45) is 5.92 Å². The number of rotatable bonds is 5. The van der Waals surface area contributed by atoms with Crippen LogP contribution in [-0.4, -0.2) is 27.0 Å². The Morgan fingerprint density at radius 1 is 1.25 bits per heavy atom. The first-order valence-electron chi connectivity index (χ1n) is 7.91. The van der Waals surface area contributed by atoms with Gasteiger partial charge in [0.25, 0.3) is 5.91 Å². The average molecular weight is 328 g/mol. The molecule has 1 aromatic carbocycles. The highest BCUT2D eigenvalue weighted by Gasteiger charge is 2.49. The Morgan fingerprint density at radius 3 is 2.62 bits per heavy atom. The predicted molar refractivity (Wildman–Crippen MR) is 85.7 cm³/mol. The largest absolute Gasteiger partial charge is 0.337 e. The van der Waals surface area contributed by atoms with E-state index in [2.05, 4.69) is 29.3 Å². The fraction of sp³-hybridized carbons (Fsp3) is 0.412. The maximum absolute atomic E-state index is 12.8. The van der Waals surface area contributed by atoms with E-state index in [1.807, 2.05) is 30.3 Å². The Balaban J connectivity index is 1.79. The van der Waals surface area contributed by atoms with Gasteiger partial charge in [-0.2, -0.15) is 4.98 Å². The summed E-state index contributed by atoms with van der Waals surface area (Å²) < 4.78 is 5.16. The van der Waals surface area contributed by atoms with Crippen molar-refractivity contribution in [3.63, 3.8) is 0 Å². The number of aromatic nitrogens is 2. The van der Waals surface area contributed by atoms with E-state index >= 15 is 0 Å². The van der Waals surface area contributed by atoms with Crippen LogP contribution in [0.4, 0.5) is 4.79 Å². The Bertz CT molecular complexity index is 756. The van der Waals surface area contributed by atoms with Crippen LogP contribution >= 0.6 is 0 Å². The van der Waals surface area contributed by atoms with Gasteiger partial charge in [-0.25, -0.2) is 4.79 Å². The Kier molecular flexibility index (Phi) is 4.09. The molecule has 3 rings (SSSR count). The van der Waals surface area contributed by atoms with E-state index in [0.717, 1.165) is 10.5 Å². The molecule has 2 heterocycles. The lowest BCUT2D eigenvalue weighted by Gasteiger charge is -2.21. The number of benzene rings is 1. The monoisotopic (exact) mass is 328 g/mol. The van der Waals surface area contributed by atoms with Crippen molar-refractivity contribution in [1.82, 2.24) is 20.4 Å². The summed E-state index contributed by atoms with van der Waals surface area (Å²) in [7, 11) is 0. The number of carbonyl (C=O) groups excluding carboxylic acids is 2. The molecule has 1 N–H and O–H groups in total. The molecule has 0 radical (unpaired) electrons. The fourth-order valence-corrected chi connectivity index (χ4v) is 2.75. The van der Waals surface area contributed by atoms with Crippen molar-refractivity contribution in [3.05, 3.63) is 47.6 Å². The smallest absolute Gasteiger partial charge is 0.325 e. The zero-order valence-electron chi connectivity index (χ0n) is 13.9. The maximum atomic E-state index is 12.8. The second-order valence-corrected chi connectivity index (χ2v) is 6.51. The van der Waals surface area contributed by atoms with E-state index in [0.29, 0.717) is 18.2 Å². The fourth-order valence-electron chi connectivity index (χ4n) is 2.75. The number of hydrogen-bond donors (Lipinski definition) is 1. The molecule has 7 heteroatoms. The maximum Gasteiger partial charge on any atom is 0.325 e. The lowest BCUT2D eigenvalue weighted by atomic mass is 9.92. The summed E-state index contributed by atoms with van der Waals surface area (Å²) >= 11 is 0. The van der Waals surface area contributed by atoms with Gasteiger partial charge >= 0.3 is 6.03 Å². The van der Waals surface area contributed by atoms with E-state index < -0.39 is 11.6 Å². The Labute approximate surface area is 140 Å². The number of amides is 3. The minimum Gasteiger partial charge on any atom is -0.337 e. The van der Waals surface area contributed by atoms with Crippen LogP contribution in [0.3, 0.4) is 0 Å². The molecule has 2 aromatic rings. The average Bonchev–Trinajstić information content (AvgIpc) is 3.06. The van der Waals surface area contributed by atoms with Crippen LogP contribution < -0.4 is 5.32 Å². The molecule has 1 atom stereocenters. The number of nitrogens with one attached hydrogen (secondary N) is 1. The highest BCUT2D eigenvalue weighted by Crippen LogP contribution is 2.29. The zero-order chi connectivity index (χ0) is 17.3. The first-order chi connectivity index (χ1) is 11.4. The van der Waals surface area contributed by atoms with Crippen molar-refractivity contribution < 1.29 is 14.1 Å². The molecule has 1 aromatic heterocycles. The van der Waals surface area contributed by atoms with Gasteiger partial charge in [-0.15, -0.1) is 0 Å². The molecule has 1 aliphatic heterocycles.